The normalized spacial score (nSPS) is 16.9. The Labute approximate surface area is 140 Å². The van der Waals surface area contributed by atoms with Gasteiger partial charge in [-0.05, 0) is 61.7 Å². The molecule has 1 aliphatic rings. The van der Waals surface area contributed by atoms with Crippen LogP contribution in [0.25, 0.3) is 0 Å². The predicted molar refractivity (Wildman–Crippen MR) is 91.2 cm³/mol. The molecular formula is C16H24BrN3O2. The molecule has 0 atom stereocenters. The number of ether oxygens (including phenoxy) is 1. The van der Waals surface area contributed by atoms with Gasteiger partial charge in [-0.15, -0.1) is 0 Å². The number of anilines is 1. The summed E-state index contributed by atoms with van der Waals surface area (Å²) in [5.74, 6) is 0. The molecule has 5 nitrogen and oxygen atoms in total. The lowest BCUT2D eigenvalue weighted by Crippen LogP contribution is -2.42. The minimum atomic E-state index is -0.436. The molecule has 1 aliphatic heterocycles. The molecule has 1 amide bonds. The third-order valence-corrected chi connectivity index (χ3v) is 3.91. The van der Waals surface area contributed by atoms with E-state index in [0.717, 1.165) is 49.3 Å². The summed E-state index contributed by atoms with van der Waals surface area (Å²) >= 11 is 3.36. The van der Waals surface area contributed by atoms with Gasteiger partial charge in [0.15, 0.2) is 0 Å². The van der Waals surface area contributed by atoms with Crippen LogP contribution in [0.4, 0.5) is 10.5 Å². The summed E-state index contributed by atoms with van der Waals surface area (Å²) in [5.41, 5.74) is 0.697. The molecule has 0 radical (unpaired) electrons. The Kier molecular flexibility index (Phi) is 5.67. The van der Waals surface area contributed by atoms with Gasteiger partial charge >= 0.3 is 6.09 Å². The maximum Gasteiger partial charge on any atom is 0.410 e. The second kappa shape index (κ2) is 7.31. The van der Waals surface area contributed by atoms with Gasteiger partial charge in [0.25, 0.3) is 0 Å². The van der Waals surface area contributed by atoms with Crippen molar-refractivity contribution in [3.05, 3.63) is 22.9 Å². The Bertz CT molecular complexity index is 489. The van der Waals surface area contributed by atoms with Gasteiger partial charge in [0.2, 0.25) is 0 Å². The first-order valence-corrected chi connectivity index (χ1v) is 8.49. The maximum atomic E-state index is 12.1. The van der Waals surface area contributed by atoms with Crippen LogP contribution < -0.4 is 4.90 Å². The van der Waals surface area contributed by atoms with Crippen LogP contribution in [0.1, 0.15) is 33.6 Å². The summed E-state index contributed by atoms with van der Waals surface area (Å²) in [6.07, 6.45) is 3.54. The largest absolute Gasteiger partial charge is 0.444 e. The molecule has 0 aliphatic carbocycles. The zero-order valence-electron chi connectivity index (χ0n) is 13.5. The second-order valence-corrected chi connectivity index (χ2v) is 7.31. The molecule has 2 heterocycles. The average Bonchev–Trinajstić information content (AvgIpc) is 2.38. The first-order chi connectivity index (χ1) is 10.3. The first kappa shape index (κ1) is 17.1. The van der Waals surface area contributed by atoms with Gasteiger partial charge in [0.1, 0.15) is 10.2 Å². The Morgan fingerprint density at radius 3 is 2.32 bits per heavy atom. The second-order valence-electron chi connectivity index (χ2n) is 6.50. The smallest absolute Gasteiger partial charge is 0.410 e. The highest BCUT2D eigenvalue weighted by Gasteiger charge is 2.23. The van der Waals surface area contributed by atoms with Crippen molar-refractivity contribution in [2.24, 2.45) is 0 Å². The van der Waals surface area contributed by atoms with E-state index in [0.29, 0.717) is 0 Å². The van der Waals surface area contributed by atoms with E-state index in [1.165, 1.54) is 0 Å². The van der Waals surface area contributed by atoms with E-state index in [4.69, 9.17) is 4.74 Å². The summed E-state index contributed by atoms with van der Waals surface area (Å²) in [5, 5.41) is 0. The number of pyridine rings is 1. The highest BCUT2D eigenvalue weighted by molar-refractivity contribution is 9.10. The fourth-order valence-electron chi connectivity index (χ4n) is 2.45. The monoisotopic (exact) mass is 369 g/mol. The molecule has 0 spiro atoms. The van der Waals surface area contributed by atoms with E-state index in [-0.39, 0.29) is 6.09 Å². The molecule has 122 valence electrons. The number of nitrogens with zero attached hydrogens (tertiary/aromatic N) is 3. The fraction of sp³-hybridized carbons (Fsp3) is 0.625. The Morgan fingerprint density at radius 1 is 1.18 bits per heavy atom. The molecule has 22 heavy (non-hydrogen) atoms. The van der Waals surface area contributed by atoms with Crippen LogP contribution in [0.3, 0.4) is 0 Å². The van der Waals surface area contributed by atoms with Crippen LogP contribution in [0.15, 0.2) is 22.9 Å². The molecule has 0 aromatic carbocycles. The van der Waals surface area contributed by atoms with Crippen LogP contribution in [-0.4, -0.2) is 47.8 Å². The van der Waals surface area contributed by atoms with Gasteiger partial charge in [0, 0.05) is 26.2 Å². The van der Waals surface area contributed by atoms with E-state index < -0.39 is 5.60 Å². The lowest BCUT2D eigenvalue weighted by Gasteiger charge is -2.32. The quantitative estimate of drug-likeness (QED) is 0.708. The topological polar surface area (TPSA) is 45.7 Å². The molecule has 1 fully saturated rings. The first-order valence-electron chi connectivity index (χ1n) is 7.69. The van der Waals surface area contributed by atoms with E-state index in [2.05, 4.69) is 31.9 Å². The maximum absolute atomic E-state index is 12.1. The third-order valence-electron chi connectivity index (χ3n) is 3.44. The lowest BCUT2D eigenvalue weighted by molar-refractivity contribution is 0.0242. The fourth-order valence-corrected chi connectivity index (χ4v) is 2.69. The lowest BCUT2D eigenvalue weighted by atomic mass is 10.2. The number of amides is 1. The number of hydrogen-bond acceptors (Lipinski definition) is 4. The van der Waals surface area contributed by atoms with Crippen LogP contribution in [0.2, 0.25) is 0 Å². The van der Waals surface area contributed by atoms with Gasteiger partial charge in [-0.2, -0.15) is 0 Å². The molecule has 2 rings (SSSR count). The Morgan fingerprint density at radius 2 is 1.82 bits per heavy atom. The highest BCUT2D eigenvalue weighted by Crippen LogP contribution is 2.18. The minimum Gasteiger partial charge on any atom is -0.444 e. The van der Waals surface area contributed by atoms with Crippen molar-refractivity contribution in [1.29, 1.82) is 0 Å². The number of halogens is 1. The van der Waals surface area contributed by atoms with Crippen molar-refractivity contribution < 1.29 is 9.53 Å². The number of carbonyl (C=O) groups excluding carboxylic acids is 1. The molecule has 0 N–H and O–H groups in total. The standard InChI is InChI=1S/C16H24BrN3O2/c1-16(2,3)22-15(21)20-10-4-8-19(9-5-11-20)13-6-7-14(17)18-12-13/h6-7,12H,4-5,8-11H2,1-3H3. The zero-order valence-corrected chi connectivity index (χ0v) is 15.1. The number of hydrogen-bond donors (Lipinski definition) is 0. The van der Waals surface area contributed by atoms with Gasteiger partial charge in [-0.1, -0.05) is 0 Å². The average molecular weight is 370 g/mol. The summed E-state index contributed by atoms with van der Waals surface area (Å²) in [6, 6.07) is 4.03. The van der Waals surface area contributed by atoms with Crippen LogP contribution in [0, 0.1) is 0 Å². The number of aromatic nitrogens is 1. The zero-order chi connectivity index (χ0) is 16.2. The van der Waals surface area contributed by atoms with Crippen molar-refractivity contribution in [3.63, 3.8) is 0 Å². The molecule has 0 unspecified atom stereocenters. The molecule has 6 heteroatoms. The van der Waals surface area contributed by atoms with E-state index in [1.807, 2.05) is 37.9 Å². The van der Waals surface area contributed by atoms with Crippen molar-refractivity contribution in [2.75, 3.05) is 31.1 Å². The van der Waals surface area contributed by atoms with Gasteiger partial charge in [0.05, 0.1) is 11.9 Å². The van der Waals surface area contributed by atoms with Crippen molar-refractivity contribution in [3.8, 4) is 0 Å². The summed E-state index contributed by atoms with van der Waals surface area (Å²) in [7, 11) is 0. The van der Waals surface area contributed by atoms with E-state index in [9.17, 15) is 4.79 Å². The predicted octanol–water partition coefficient (Wildman–Crippen LogP) is 3.68. The molecule has 0 saturated carbocycles. The van der Waals surface area contributed by atoms with Gasteiger partial charge in [-0.25, -0.2) is 9.78 Å². The summed E-state index contributed by atoms with van der Waals surface area (Å²) in [6.45, 7) is 9.00. The highest BCUT2D eigenvalue weighted by atomic mass is 79.9. The van der Waals surface area contributed by atoms with Crippen molar-refractivity contribution in [2.45, 2.75) is 39.2 Å². The SMILES string of the molecule is CC(C)(C)OC(=O)N1CCCN(c2ccc(Br)nc2)CCC1. The van der Waals surface area contributed by atoms with Crippen molar-refractivity contribution in [1.82, 2.24) is 9.88 Å². The van der Waals surface area contributed by atoms with Crippen LogP contribution >= 0.6 is 15.9 Å². The molecule has 1 saturated heterocycles. The Balaban J connectivity index is 1.90. The summed E-state index contributed by atoms with van der Waals surface area (Å²) < 4.78 is 6.30. The molecule has 1 aromatic heterocycles. The van der Waals surface area contributed by atoms with E-state index >= 15 is 0 Å². The van der Waals surface area contributed by atoms with Crippen LogP contribution in [0.5, 0.6) is 0 Å². The Hall–Kier alpha value is -1.30. The van der Waals surface area contributed by atoms with Crippen molar-refractivity contribution >= 4 is 27.7 Å². The molecule has 1 aromatic rings. The third kappa shape index (κ3) is 5.16. The molecular weight excluding hydrogens is 346 g/mol. The van der Waals surface area contributed by atoms with Crippen LogP contribution in [-0.2, 0) is 4.74 Å². The minimum absolute atomic E-state index is 0.203. The molecule has 0 bridgehead atoms. The van der Waals surface area contributed by atoms with E-state index in [1.54, 1.807) is 0 Å². The summed E-state index contributed by atoms with van der Waals surface area (Å²) in [4.78, 5) is 20.6. The number of rotatable bonds is 1. The number of carbonyl (C=O) groups is 1. The van der Waals surface area contributed by atoms with Gasteiger partial charge in [-0.3, -0.25) is 0 Å². The van der Waals surface area contributed by atoms with Gasteiger partial charge < -0.3 is 14.5 Å².